The van der Waals surface area contributed by atoms with E-state index < -0.39 is 26.1 Å². The second-order valence-electron chi connectivity index (χ2n) is 2.18. The van der Waals surface area contributed by atoms with Crippen molar-refractivity contribution in [2.75, 3.05) is 0 Å². The molecule has 66 valence electrons. The second kappa shape index (κ2) is 4.88. The summed E-state index contributed by atoms with van der Waals surface area (Å²) >= 11 is 0. The molecule has 0 radical (unpaired) electrons. The molecule has 1 heterocycles. The number of rotatable bonds is 4. The molecular weight excluding hydrogens is 148 g/mol. The topological polar surface area (TPSA) is 29.9 Å². The Hall–Kier alpha value is -0.890. The first-order valence-electron chi connectivity index (χ1n) is 8.00. The summed E-state index contributed by atoms with van der Waals surface area (Å²) in [6.45, 7) is -5.99. The molecule has 0 atom stereocenters. The van der Waals surface area contributed by atoms with Crippen LogP contribution < -0.4 is 10.3 Å². The molecule has 0 aliphatic heterocycles. The van der Waals surface area contributed by atoms with Gasteiger partial charge in [-0.15, -0.1) is 0 Å². The Labute approximate surface area is 86.7 Å². The molecule has 0 spiro atoms. The van der Waals surface area contributed by atoms with Crippen LogP contribution in [0.2, 0.25) is 0 Å². The van der Waals surface area contributed by atoms with Gasteiger partial charge >= 0.3 is 0 Å². The second-order valence-corrected chi connectivity index (χ2v) is 2.18. The molecule has 2 N–H and O–H groups in total. The molecule has 0 saturated heterocycles. The molecule has 0 saturated carbocycles. The zero-order valence-corrected chi connectivity index (χ0v) is 6.54. The lowest BCUT2D eigenvalue weighted by Crippen LogP contribution is -2.32. The van der Waals surface area contributed by atoms with Crippen molar-refractivity contribution in [3.8, 4) is 0 Å². The van der Waals surface area contributed by atoms with Crippen molar-refractivity contribution in [3.05, 3.63) is 30.1 Å². The van der Waals surface area contributed by atoms with Crippen molar-refractivity contribution >= 4 is 0 Å². The third-order valence-corrected chi connectivity index (χ3v) is 1.38. The van der Waals surface area contributed by atoms with Crippen molar-refractivity contribution < 1.29 is 16.9 Å². The van der Waals surface area contributed by atoms with Gasteiger partial charge in [0.2, 0.25) is 0 Å². The van der Waals surface area contributed by atoms with Gasteiger partial charge in [0.05, 0.1) is 0 Å². The van der Waals surface area contributed by atoms with Crippen molar-refractivity contribution in [1.29, 1.82) is 0 Å². The fourth-order valence-electron chi connectivity index (χ4n) is 0.760. The number of nitrogens with two attached hydrogens (primary N) is 1. The third-order valence-electron chi connectivity index (χ3n) is 1.38. The molecule has 1 aromatic heterocycles. The van der Waals surface area contributed by atoms with E-state index in [2.05, 4.69) is 0 Å². The zero-order chi connectivity index (χ0) is 16.7. The van der Waals surface area contributed by atoms with E-state index in [0.717, 1.165) is 4.57 Å². The Bertz CT molecular complexity index is 492. The van der Waals surface area contributed by atoms with E-state index in [1.54, 1.807) is 0 Å². The molecule has 0 fully saturated rings. The first kappa shape index (κ1) is 2.81. The van der Waals surface area contributed by atoms with Gasteiger partial charge in [0.25, 0.3) is 0 Å². The molecule has 1 aromatic rings. The van der Waals surface area contributed by atoms with Gasteiger partial charge in [0.1, 0.15) is 9.24 Å². The summed E-state index contributed by atoms with van der Waals surface area (Å²) in [5.74, 6) is 0. The Kier molecular flexibility index (Phi) is 1.14. The summed E-state index contributed by atoms with van der Waals surface area (Å²) in [4.78, 5) is 0. The van der Waals surface area contributed by atoms with Crippen molar-refractivity contribution in [1.82, 2.24) is 0 Å². The van der Waals surface area contributed by atoms with Gasteiger partial charge < -0.3 is 5.73 Å². The Balaban J connectivity index is 3.32. The number of hydrogen-bond acceptors (Lipinski definition) is 1. The van der Waals surface area contributed by atoms with E-state index in [4.69, 9.17) is 18.1 Å². The highest BCUT2D eigenvalue weighted by Crippen LogP contribution is 1.93. The highest BCUT2D eigenvalue weighted by Gasteiger charge is 1.97. The van der Waals surface area contributed by atoms with Crippen LogP contribution in [0.15, 0.2) is 24.5 Å². The lowest BCUT2D eigenvalue weighted by Gasteiger charge is -1.96. The zero-order valence-electron chi connectivity index (χ0n) is 15.5. The normalized spacial score (nSPS) is 25.9. The first-order valence-corrected chi connectivity index (χ1v) is 3.50. The van der Waals surface area contributed by atoms with Crippen LogP contribution in [-0.4, -0.2) is 0 Å². The van der Waals surface area contributed by atoms with Crippen LogP contribution >= 0.6 is 0 Å². The summed E-state index contributed by atoms with van der Waals surface area (Å²) in [5, 5.41) is 0. The SMILES string of the molecule is [2H]C([2H])([2H])C([2H])([2H])C([2H])([2H])C([2H])([2H])[n+]1ccc(CN)cc1. The summed E-state index contributed by atoms with van der Waals surface area (Å²) in [6.07, 6.45) is -4.26. The quantitative estimate of drug-likeness (QED) is 0.684. The predicted molar refractivity (Wildman–Crippen MR) is 49.4 cm³/mol. The summed E-state index contributed by atoms with van der Waals surface area (Å²) in [7, 11) is 0. The minimum Gasteiger partial charge on any atom is -0.326 e. The van der Waals surface area contributed by atoms with E-state index in [1.807, 2.05) is 0 Å². The van der Waals surface area contributed by atoms with Gasteiger partial charge in [0, 0.05) is 34.6 Å². The van der Waals surface area contributed by atoms with Crippen LogP contribution in [0.4, 0.5) is 0 Å². The summed E-state index contributed by atoms with van der Waals surface area (Å²) in [6, 6.07) is 2.91. The number of hydrogen-bond donors (Lipinski definition) is 1. The van der Waals surface area contributed by atoms with Gasteiger partial charge in [-0.25, -0.2) is 4.57 Å². The van der Waals surface area contributed by atoms with E-state index in [0.29, 0.717) is 5.56 Å². The van der Waals surface area contributed by atoms with Crippen LogP contribution in [0, 0.1) is 0 Å². The summed E-state index contributed by atoms with van der Waals surface area (Å²) < 4.78 is 68.4. The van der Waals surface area contributed by atoms with Crippen molar-refractivity contribution in [2.24, 2.45) is 5.73 Å². The monoisotopic (exact) mass is 174 g/mol. The van der Waals surface area contributed by atoms with Gasteiger partial charge in [0.15, 0.2) is 12.4 Å². The molecule has 0 aliphatic rings. The molecule has 0 unspecified atom stereocenters. The van der Waals surface area contributed by atoms with Gasteiger partial charge in [-0.1, -0.05) is 13.2 Å². The lowest BCUT2D eigenvalue weighted by molar-refractivity contribution is -0.697. The first-order chi connectivity index (χ1) is 9.29. The van der Waals surface area contributed by atoms with Gasteiger partial charge in [-0.3, -0.25) is 0 Å². The highest BCUT2D eigenvalue weighted by atomic mass is 14.9. The maximum atomic E-state index is 7.87. The Morgan fingerprint density at radius 2 is 2.33 bits per heavy atom. The Morgan fingerprint density at radius 1 is 1.58 bits per heavy atom. The van der Waals surface area contributed by atoms with Crippen LogP contribution in [0.5, 0.6) is 0 Å². The fourth-order valence-corrected chi connectivity index (χ4v) is 0.760. The van der Waals surface area contributed by atoms with E-state index in [-0.39, 0.29) is 6.54 Å². The molecule has 0 aromatic carbocycles. The molecular formula is C10H17N2+. The van der Waals surface area contributed by atoms with Crippen molar-refractivity contribution in [3.63, 3.8) is 0 Å². The average Bonchev–Trinajstić information content (AvgIpc) is 2.37. The number of pyridine rings is 1. The number of nitrogens with zero attached hydrogens (tertiary/aromatic N) is 1. The minimum absolute atomic E-state index is 0.215. The van der Waals surface area contributed by atoms with Crippen LogP contribution in [0.25, 0.3) is 0 Å². The lowest BCUT2D eigenvalue weighted by atomic mass is 10.2. The standard InChI is InChI=1S/C10H17N2/c1-2-3-6-12-7-4-10(9-11)5-8-12/h4-5,7-8H,2-3,6,9,11H2,1H3/q+1/i1D3,2D2,3D2,6D2. The molecule has 2 heteroatoms. The van der Waals surface area contributed by atoms with Crippen LogP contribution in [0.3, 0.4) is 0 Å². The maximum absolute atomic E-state index is 7.87. The molecule has 12 heavy (non-hydrogen) atoms. The molecule has 1 rings (SSSR count). The van der Waals surface area contributed by atoms with Crippen LogP contribution in [-0.2, 0) is 13.0 Å². The number of aromatic nitrogens is 1. The summed E-state index contributed by atoms with van der Waals surface area (Å²) in [5.41, 5.74) is 6.09. The van der Waals surface area contributed by atoms with Crippen molar-refractivity contribution in [2.45, 2.75) is 32.6 Å². The molecule has 0 aliphatic carbocycles. The van der Waals surface area contributed by atoms with Gasteiger partial charge in [-0.05, 0) is 5.56 Å². The molecule has 0 bridgehead atoms. The van der Waals surface area contributed by atoms with E-state index >= 15 is 0 Å². The Morgan fingerprint density at radius 3 is 2.92 bits per heavy atom. The number of aryl methyl sites for hydroxylation is 1. The smallest absolute Gasteiger partial charge is 0.169 e. The molecule has 0 amide bonds. The average molecular weight is 174 g/mol. The fraction of sp³-hybridized carbons (Fsp3) is 0.500. The van der Waals surface area contributed by atoms with Crippen LogP contribution in [0.1, 0.15) is 37.5 Å². The largest absolute Gasteiger partial charge is 0.326 e. The highest BCUT2D eigenvalue weighted by molar-refractivity contribution is 5.05. The van der Waals surface area contributed by atoms with Gasteiger partial charge in [-0.2, -0.15) is 0 Å². The maximum Gasteiger partial charge on any atom is 0.169 e. The third kappa shape index (κ3) is 2.62. The molecule has 2 nitrogen and oxygen atoms in total. The van der Waals surface area contributed by atoms with E-state index in [1.165, 1.54) is 24.5 Å². The minimum atomic E-state index is -3.37. The predicted octanol–water partition coefficient (Wildman–Crippen LogP) is 1.23. The van der Waals surface area contributed by atoms with E-state index in [9.17, 15) is 0 Å².